The maximum atomic E-state index is 12.2. The molecule has 0 bridgehead atoms. The number of anilines is 1. The molecule has 0 spiro atoms. The molecule has 108 valence electrons. The highest BCUT2D eigenvalue weighted by atomic mass is 79.9. The van der Waals surface area contributed by atoms with Crippen LogP contribution in [-0.4, -0.2) is 10.7 Å². The molecule has 2 nitrogen and oxygen atoms in total. The summed E-state index contributed by atoms with van der Waals surface area (Å²) in [6, 6.07) is 6.53. The number of alkyl halides is 1. The Kier molecular flexibility index (Phi) is 4.16. The number of benzene rings is 1. The smallest absolute Gasteiger partial charge is 0.238 e. The lowest BCUT2D eigenvalue weighted by Crippen LogP contribution is -2.23. The molecule has 1 N–H and O–H groups in total. The highest BCUT2D eigenvalue weighted by Gasteiger charge is 2.33. The topological polar surface area (TPSA) is 29.1 Å². The van der Waals surface area contributed by atoms with Crippen LogP contribution in [0.15, 0.2) is 18.2 Å². The predicted octanol–water partition coefficient (Wildman–Crippen LogP) is 4.76. The highest BCUT2D eigenvalue weighted by molar-refractivity contribution is 9.10. The summed E-state index contributed by atoms with van der Waals surface area (Å²) in [5, 5.41) is 3.10. The van der Waals surface area contributed by atoms with Crippen molar-refractivity contribution in [3.63, 3.8) is 0 Å². The van der Waals surface area contributed by atoms with E-state index in [1.165, 1.54) is 43.2 Å². The largest absolute Gasteiger partial charge is 0.325 e. The van der Waals surface area contributed by atoms with Gasteiger partial charge in [0.25, 0.3) is 0 Å². The molecule has 1 saturated carbocycles. The molecular weight excluding hydrogens is 314 g/mol. The van der Waals surface area contributed by atoms with Crippen molar-refractivity contribution >= 4 is 27.5 Å². The summed E-state index contributed by atoms with van der Waals surface area (Å²) in [5.41, 5.74) is 3.59. The van der Waals surface area contributed by atoms with E-state index in [1.54, 1.807) is 0 Å². The van der Waals surface area contributed by atoms with Crippen molar-refractivity contribution < 1.29 is 4.79 Å². The zero-order chi connectivity index (χ0) is 14.1. The van der Waals surface area contributed by atoms with Crippen LogP contribution >= 0.6 is 15.9 Å². The molecule has 1 aliphatic carbocycles. The number of carbonyl (C=O) groups excluding carboxylic acids is 1. The van der Waals surface area contributed by atoms with E-state index in [9.17, 15) is 4.79 Å². The lowest BCUT2D eigenvalue weighted by Gasteiger charge is -2.31. The molecule has 0 saturated heterocycles. The quantitative estimate of drug-likeness (QED) is 0.736. The van der Waals surface area contributed by atoms with Crippen LogP contribution in [0.5, 0.6) is 0 Å². The van der Waals surface area contributed by atoms with Gasteiger partial charge in [-0.25, -0.2) is 0 Å². The zero-order valence-corrected chi connectivity index (χ0v) is 13.6. The number of hydrogen-bond donors (Lipinski definition) is 1. The van der Waals surface area contributed by atoms with E-state index in [0.717, 1.165) is 18.0 Å². The summed E-state index contributed by atoms with van der Waals surface area (Å²) in [6.07, 6.45) is 7.61. The number of fused-ring (bicyclic) bond motifs is 1. The summed E-state index contributed by atoms with van der Waals surface area (Å²) in [5.74, 6) is 1.35. The van der Waals surface area contributed by atoms with E-state index in [2.05, 4.69) is 46.4 Å². The van der Waals surface area contributed by atoms with Crippen LogP contribution in [0.2, 0.25) is 0 Å². The normalized spacial score (nSPS) is 27.6. The Labute approximate surface area is 129 Å². The van der Waals surface area contributed by atoms with Gasteiger partial charge >= 0.3 is 0 Å². The first-order valence-corrected chi connectivity index (χ1v) is 8.62. The van der Waals surface area contributed by atoms with Gasteiger partial charge in [0.1, 0.15) is 0 Å². The second kappa shape index (κ2) is 5.88. The summed E-state index contributed by atoms with van der Waals surface area (Å²) >= 11 is 3.58. The number of nitrogens with one attached hydrogen (secondary N) is 1. The van der Waals surface area contributed by atoms with Crippen molar-refractivity contribution in [2.45, 2.75) is 56.2 Å². The van der Waals surface area contributed by atoms with E-state index >= 15 is 0 Å². The van der Waals surface area contributed by atoms with Crippen molar-refractivity contribution in [1.82, 2.24) is 0 Å². The Morgan fingerprint density at radius 1 is 1.20 bits per heavy atom. The number of carbonyl (C=O) groups is 1. The van der Waals surface area contributed by atoms with E-state index in [4.69, 9.17) is 0 Å². The average molecular weight is 336 g/mol. The predicted molar refractivity (Wildman–Crippen MR) is 86.5 cm³/mol. The molecule has 1 aromatic carbocycles. The van der Waals surface area contributed by atoms with Crippen molar-refractivity contribution in [1.29, 1.82) is 0 Å². The lowest BCUT2D eigenvalue weighted by molar-refractivity contribution is -0.115. The number of aryl methyl sites for hydroxylation is 1. The third-order valence-electron chi connectivity index (χ3n) is 4.83. The Balaban J connectivity index is 1.97. The number of hydrogen-bond acceptors (Lipinski definition) is 1. The standard InChI is InChI=1S/C17H22BrNO/c1-11-7-8-13-14(12-5-3-2-4-6-12)10-15(18)17(20)19-16(13)9-11/h7-9,12,14-15H,2-6,10H2,1H3,(H,19,20)/t14-,15-/m1/s1. The van der Waals surface area contributed by atoms with Gasteiger partial charge in [0, 0.05) is 5.69 Å². The van der Waals surface area contributed by atoms with Gasteiger partial charge in [0.15, 0.2) is 0 Å². The maximum absolute atomic E-state index is 12.2. The molecule has 0 unspecified atom stereocenters. The molecule has 3 heteroatoms. The minimum Gasteiger partial charge on any atom is -0.325 e. The fourth-order valence-corrected chi connectivity index (χ4v) is 4.27. The summed E-state index contributed by atoms with van der Waals surface area (Å²) in [7, 11) is 0. The van der Waals surface area contributed by atoms with Crippen LogP contribution in [0.4, 0.5) is 5.69 Å². The van der Waals surface area contributed by atoms with Crippen LogP contribution in [-0.2, 0) is 4.79 Å². The monoisotopic (exact) mass is 335 g/mol. The van der Waals surface area contributed by atoms with Gasteiger partial charge in [-0.2, -0.15) is 0 Å². The van der Waals surface area contributed by atoms with Gasteiger partial charge in [-0.1, -0.05) is 47.3 Å². The van der Waals surface area contributed by atoms with Gasteiger partial charge in [-0.15, -0.1) is 0 Å². The second-order valence-corrected chi connectivity index (χ2v) is 7.39. The van der Waals surface area contributed by atoms with E-state index < -0.39 is 0 Å². The van der Waals surface area contributed by atoms with E-state index in [1.807, 2.05) is 0 Å². The number of halogens is 1. The third kappa shape index (κ3) is 2.78. The Bertz CT molecular complexity index is 508. The first-order chi connectivity index (χ1) is 9.65. The summed E-state index contributed by atoms with van der Waals surface area (Å²) < 4.78 is 0. The van der Waals surface area contributed by atoms with Crippen LogP contribution in [0.3, 0.4) is 0 Å². The van der Waals surface area contributed by atoms with Gasteiger partial charge in [-0.05, 0) is 55.2 Å². The van der Waals surface area contributed by atoms with Crippen molar-refractivity contribution in [2.24, 2.45) is 5.92 Å². The molecule has 20 heavy (non-hydrogen) atoms. The Morgan fingerprint density at radius 3 is 2.70 bits per heavy atom. The van der Waals surface area contributed by atoms with E-state index in [0.29, 0.717) is 5.92 Å². The van der Waals surface area contributed by atoms with Crippen LogP contribution in [0.25, 0.3) is 0 Å². The molecule has 0 aromatic heterocycles. The summed E-state index contributed by atoms with van der Waals surface area (Å²) in [6.45, 7) is 2.08. The van der Waals surface area contributed by atoms with Crippen molar-refractivity contribution in [2.75, 3.05) is 5.32 Å². The number of amides is 1. The molecule has 3 rings (SSSR count). The first-order valence-electron chi connectivity index (χ1n) is 7.70. The lowest BCUT2D eigenvalue weighted by atomic mass is 9.74. The van der Waals surface area contributed by atoms with Gasteiger partial charge in [0.2, 0.25) is 5.91 Å². The molecular formula is C17H22BrNO. The number of rotatable bonds is 1. The van der Waals surface area contributed by atoms with E-state index in [-0.39, 0.29) is 10.7 Å². The van der Waals surface area contributed by atoms with Gasteiger partial charge in [0.05, 0.1) is 4.83 Å². The van der Waals surface area contributed by atoms with Crippen molar-refractivity contribution in [3.05, 3.63) is 29.3 Å². The van der Waals surface area contributed by atoms with Gasteiger partial charge < -0.3 is 5.32 Å². The first kappa shape index (κ1) is 14.1. The molecule has 0 radical (unpaired) electrons. The van der Waals surface area contributed by atoms with Crippen molar-refractivity contribution in [3.8, 4) is 0 Å². The molecule has 1 heterocycles. The molecule has 1 aliphatic heterocycles. The summed E-state index contributed by atoms with van der Waals surface area (Å²) in [4.78, 5) is 12.1. The molecule has 1 amide bonds. The molecule has 1 aromatic rings. The zero-order valence-electron chi connectivity index (χ0n) is 12.0. The molecule has 1 fully saturated rings. The van der Waals surface area contributed by atoms with Gasteiger partial charge in [-0.3, -0.25) is 4.79 Å². The minimum absolute atomic E-state index is 0.0675. The fraction of sp³-hybridized carbons (Fsp3) is 0.588. The Morgan fingerprint density at radius 2 is 1.95 bits per heavy atom. The highest BCUT2D eigenvalue weighted by Crippen LogP contribution is 2.44. The third-order valence-corrected chi connectivity index (χ3v) is 5.62. The Hall–Kier alpha value is -0.830. The average Bonchev–Trinajstić information content (AvgIpc) is 2.57. The molecule has 2 aliphatic rings. The van der Waals surface area contributed by atoms with Crippen LogP contribution in [0.1, 0.15) is 55.6 Å². The van der Waals surface area contributed by atoms with Crippen LogP contribution in [0, 0.1) is 12.8 Å². The SMILES string of the molecule is Cc1ccc2c(c1)NC(=O)[C@H](Br)C[C@@H]2C1CCCCC1. The van der Waals surface area contributed by atoms with Crippen LogP contribution < -0.4 is 5.32 Å². The minimum atomic E-state index is -0.0675. The second-order valence-electron chi connectivity index (χ2n) is 6.29. The molecule has 2 atom stereocenters. The fourth-order valence-electron chi connectivity index (χ4n) is 3.75. The maximum Gasteiger partial charge on any atom is 0.238 e.